The molecule has 2 heterocycles. The van der Waals surface area contributed by atoms with E-state index in [0.717, 1.165) is 22.1 Å². The number of nitrogens with zero attached hydrogens (tertiary/aromatic N) is 2. The van der Waals surface area contributed by atoms with Gasteiger partial charge in [-0.25, -0.2) is 0 Å². The van der Waals surface area contributed by atoms with Crippen LogP contribution in [0.1, 0.15) is 0 Å². The Bertz CT molecular complexity index is 612. The summed E-state index contributed by atoms with van der Waals surface area (Å²) in [5.41, 5.74) is 8.08. The van der Waals surface area contributed by atoms with Crippen molar-refractivity contribution in [2.24, 2.45) is 0 Å². The molecule has 0 saturated heterocycles. The van der Waals surface area contributed by atoms with Gasteiger partial charge in [0, 0.05) is 5.39 Å². The molecule has 0 aliphatic heterocycles. The molecule has 5 heteroatoms. The predicted molar refractivity (Wildman–Crippen MR) is 53.9 cm³/mol. The standard InChI is InChI=1S/C10H7N3O2/c11-10-8(5-13-15-10)6-1-2-9-7(3-6)4-12-14-9/h1-5H,11H2. The van der Waals surface area contributed by atoms with Gasteiger partial charge in [-0.2, -0.15) is 0 Å². The highest BCUT2D eigenvalue weighted by molar-refractivity contribution is 5.84. The van der Waals surface area contributed by atoms with Gasteiger partial charge in [-0.3, -0.25) is 0 Å². The predicted octanol–water partition coefficient (Wildman–Crippen LogP) is 2.06. The third-order valence-corrected chi connectivity index (χ3v) is 2.26. The molecule has 1 aromatic carbocycles. The summed E-state index contributed by atoms with van der Waals surface area (Å²) in [7, 11) is 0. The van der Waals surface area contributed by atoms with Crippen molar-refractivity contribution in [3.8, 4) is 11.1 Å². The molecule has 0 radical (unpaired) electrons. The molecule has 0 fully saturated rings. The van der Waals surface area contributed by atoms with E-state index < -0.39 is 0 Å². The van der Waals surface area contributed by atoms with Crippen LogP contribution >= 0.6 is 0 Å². The largest absolute Gasteiger partial charge is 0.367 e. The molecule has 0 bridgehead atoms. The second kappa shape index (κ2) is 2.84. The number of nitrogen functional groups attached to an aromatic ring is 1. The first kappa shape index (κ1) is 8.05. The maximum absolute atomic E-state index is 5.62. The zero-order chi connectivity index (χ0) is 10.3. The lowest BCUT2D eigenvalue weighted by Gasteiger charge is -1.96. The van der Waals surface area contributed by atoms with Crippen LogP contribution in [-0.4, -0.2) is 10.3 Å². The van der Waals surface area contributed by atoms with Crippen molar-refractivity contribution in [1.29, 1.82) is 0 Å². The summed E-state index contributed by atoms with van der Waals surface area (Å²) in [6, 6.07) is 5.65. The molecule has 2 aromatic heterocycles. The molecular formula is C10H7N3O2. The lowest BCUT2D eigenvalue weighted by molar-refractivity contribution is 0.436. The highest BCUT2D eigenvalue weighted by atomic mass is 16.5. The maximum Gasteiger partial charge on any atom is 0.229 e. The van der Waals surface area contributed by atoms with Gasteiger partial charge in [0.1, 0.15) is 0 Å². The Balaban J connectivity index is 2.23. The second-order valence-corrected chi connectivity index (χ2v) is 3.18. The van der Waals surface area contributed by atoms with Crippen LogP contribution in [-0.2, 0) is 0 Å². The van der Waals surface area contributed by atoms with Crippen LogP contribution in [0.3, 0.4) is 0 Å². The molecule has 0 saturated carbocycles. The first-order valence-corrected chi connectivity index (χ1v) is 4.39. The van der Waals surface area contributed by atoms with Crippen LogP contribution in [0.25, 0.3) is 22.1 Å². The van der Waals surface area contributed by atoms with E-state index in [4.69, 9.17) is 14.8 Å². The van der Waals surface area contributed by atoms with Crippen molar-refractivity contribution in [2.75, 3.05) is 5.73 Å². The fourth-order valence-electron chi connectivity index (χ4n) is 1.51. The van der Waals surface area contributed by atoms with Gasteiger partial charge in [0.15, 0.2) is 5.58 Å². The normalized spacial score (nSPS) is 10.9. The minimum absolute atomic E-state index is 0.311. The summed E-state index contributed by atoms with van der Waals surface area (Å²) in [5, 5.41) is 8.25. The van der Waals surface area contributed by atoms with E-state index in [1.54, 1.807) is 12.4 Å². The Morgan fingerprint density at radius 3 is 2.73 bits per heavy atom. The molecule has 3 rings (SSSR count). The monoisotopic (exact) mass is 201 g/mol. The lowest BCUT2D eigenvalue weighted by Crippen LogP contribution is -1.84. The molecule has 0 unspecified atom stereocenters. The average molecular weight is 201 g/mol. The number of hydrogen-bond acceptors (Lipinski definition) is 5. The summed E-state index contributed by atoms with van der Waals surface area (Å²) >= 11 is 0. The topological polar surface area (TPSA) is 78.1 Å². The number of aromatic nitrogens is 2. The molecule has 0 aliphatic rings. The van der Waals surface area contributed by atoms with E-state index in [2.05, 4.69) is 10.3 Å². The van der Waals surface area contributed by atoms with E-state index in [9.17, 15) is 0 Å². The Labute approximate surface area is 84.4 Å². The van der Waals surface area contributed by atoms with Gasteiger partial charge >= 0.3 is 0 Å². The molecule has 0 aliphatic carbocycles. The lowest BCUT2D eigenvalue weighted by atomic mass is 10.1. The summed E-state index contributed by atoms with van der Waals surface area (Å²) in [6.07, 6.45) is 3.24. The van der Waals surface area contributed by atoms with Crippen LogP contribution in [0.5, 0.6) is 0 Å². The number of anilines is 1. The third kappa shape index (κ3) is 1.17. The SMILES string of the molecule is Nc1oncc1-c1ccc2oncc2c1. The van der Waals surface area contributed by atoms with Gasteiger partial charge in [-0.1, -0.05) is 16.4 Å². The molecule has 0 atom stereocenters. The van der Waals surface area contributed by atoms with Crippen LogP contribution in [0, 0.1) is 0 Å². The van der Waals surface area contributed by atoms with E-state index in [-0.39, 0.29) is 0 Å². The average Bonchev–Trinajstić information content (AvgIpc) is 2.84. The molecular weight excluding hydrogens is 194 g/mol. The Hall–Kier alpha value is -2.30. The van der Waals surface area contributed by atoms with Gasteiger partial charge < -0.3 is 14.8 Å². The van der Waals surface area contributed by atoms with Crippen molar-refractivity contribution in [2.45, 2.75) is 0 Å². The van der Waals surface area contributed by atoms with Crippen LogP contribution in [0.4, 0.5) is 5.88 Å². The number of fused-ring (bicyclic) bond motifs is 1. The van der Waals surface area contributed by atoms with E-state index >= 15 is 0 Å². The fourth-order valence-corrected chi connectivity index (χ4v) is 1.51. The zero-order valence-corrected chi connectivity index (χ0v) is 7.68. The zero-order valence-electron chi connectivity index (χ0n) is 7.68. The van der Waals surface area contributed by atoms with Crippen molar-refractivity contribution >= 4 is 16.9 Å². The molecule has 15 heavy (non-hydrogen) atoms. The Morgan fingerprint density at radius 1 is 1.07 bits per heavy atom. The highest BCUT2D eigenvalue weighted by Gasteiger charge is 2.08. The number of benzene rings is 1. The Kier molecular flexibility index (Phi) is 1.53. The minimum Gasteiger partial charge on any atom is -0.367 e. The van der Waals surface area contributed by atoms with Gasteiger partial charge in [-0.15, -0.1) is 0 Å². The summed E-state index contributed by atoms with van der Waals surface area (Å²) in [6.45, 7) is 0. The van der Waals surface area contributed by atoms with E-state index in [0.29, 0.717) is 5.88 Å². The van der Waals surface area contributed by atoms with Crippen molar-refractivity contribution in [3.05, 3.63) is 30.6 Å². The van der Waals surface area contributed by atoms with Crippen molar-refractivity contribution in [1.82, 2.24) is 10.3 Å². The van der Waals surface area contributed by atoms with Gasteiger partial charge in [0.05, 0.1) is 18.0 Å². The minimum atomic E-state index is 0.311. The first-order valence-electron chi connectivity index (χ1n) is 4.39. The summed E-state index contributed by atoms with van der Waals surface area (Å²) in [5.74, 6) is 0.311. The quantitative estimate of drug-likeness (QED) is 0.651. The number of rotatable bonds is 1. The van der Waals surface area contributed by atoms with Crippen LogP contribution in [0.15, 0.2) is 39.6 Å². The molecule has 5 nitrogen and oxygen atoms in total. The van der Waals surface area contributed by atoms with Gasteiger partial charge in [0.2, 0.25) is 5.88 Å². The smallest absolute Gasteiger partial charge is 0.229 e. The first-order chi connectivity index (χ1) is 7.34. The third-order valence-electron chi connectivity index (χ3n) is 2.26. The number of hydrogen-bond donors (Lipinski definition) is 1. The van der Waals surface area contributed by atoms with Crippen molar-refractivity contribution in [3.63, 3.8) is 0 Å². The van der Waals surface area contributed by atoms with Crippen LogP contribution in [0.2, 0.25) is 0 Å². The molecule has 74 valence electrons. The molecule has 3 aromatic rings. The van der Waals surface area contributed by atoms with E-state index in [1.165, 1.54) is 0 Å². The summed E-state index contributed by atoms with van der Waals surface area (Å²) in [4.78, 5) is 0. The van der Waals surface area contributed by atoms with E-state index in [1.807, 2.05) is 18.2 Å². The van der Waals surface area contributed by atoms with Gasteiger partial charge in [-0.05, 0) is 17.7 Å². The van der Waals surface area contributed by atoms with Gasteiger partial charge in [0.25, 0.3) is 0 Å². The summed E-state index contributed by atoms with van der Waals surface area (Å²) < 4.78 is 9.80. The molecule has 2 N–H and O–H groups in total. The fraction of sp³-hybridized carbons (Fsp3) is 0. The number of nitrogens with two attached hydrogens (primary N) is 1. The second-order valence-electron chi connectivity index (χ2n) is 3.18. The maximum atomic E-state index is 5.62. The molecule has 0 spiro atoms. The van der Waals surface area contributed by atoms with Crippen molar-refractivity contribution < 1.29 is 9.05 Å². The highest BCUT2D eigenvalue weighted by Crippen LogP contribution is 2.28. The Morgan fingerprint density at radius 2 is 1.93 bits per heavy atom. The molecule has 0 amide bonds. The van der Waals surface area contributed by atoms with Crippen LogP contribution < -0.4 is 5.73 Å².